The number of thioether (sulfide) groups is 1. The first kappa shape index (κ1) is 18.7. The molecule has 1 aromatic carbocycles. The van der Waals surface area contributed by atoms with E-state index in [0.29, 0.717) is 10.8 Å². The van der Waals surface area contributed by atoms with Gasteiger partial charge in [-0.1, -0.05) is 42.2 Å². The lowest BCUT2D eigenvalue weighted by Crippen LogP contribution is -2.37. The molecule has 0 saturated carbocycles. The molecule has 10 heteroatoms. The van der Waals surface area contributed by atoms with Crippen LogP contribution in [0.15, 0.2) is 28.6 Å². The van der Waals surface area contributed by atoms with E-state index >= 15 is 0 Å². The summed E-state index contributed by atoms with van der Waals surface area (Å²) < 4.78 is 25.9. The second kappa shape index (κ2) is 7.95. The van der Waals surface area contributed by atoms with Crippen LogP contribution in [-0.2, 0) is 21.2 Å². The van der Waals surface area contributed by atoms with Gasteiger partial charge in [0.05, 0.1) is 11.9 Å². The van der Waals surface area contributed by atoms with Crippen LogP contribution in [0.1, 0.15) is 12.5 Å². The molecule has 0 aliphatic heterocycles. The van der Waals surface area contributed by atoms with Gasteiger partial charge in [-0.15, -0.1) is 10.2 Å². The highest BCUT2D eigenvalue weighted by molar-refractivity contribution is 8.00. The number of aromatic nitrogens is 2. The van der Waals surface area contributed by atoms with Crippen molar-refractivity contribution in [1.82, 2.24) is 10.2 Å². The smallest absolute Gasteiger partial charge is 0.246 e. The SMILES string of the molecule is CCc1ccc(N(CC(=O)Nc2nnc(SC)s2)S(C)(=O)=O)cc1. The Bertz CT molecular complexity index is 803. The van der Waals surface area contributed by atoms with E-state index in [9.17, 15) is 13.2 Å². The number of nitrogens with zero attached hydrogens (tertiary/aromatic N) is 3. The molecule has 1 N–H and O–H groups in total. The highest BCUT2D eigenvalue weighted by Crippen LogP contribution is 2.23. The van der Waals surface area contributed by atoms with Gasteiger partial charge in [0, 0.05) is 0 Å². The Morgan fingerprint density at radius 3 is 2.46 bits per heavy atom. The first-order valence-electron chi connectivity index (χ1n) is 7.07. The molecular weight excluding hydrogens is 368 g/mol. The van der Waals surface area contributed by atoms with E-state index in [1.54, 1.807) is 12.1 Å². The molecule has 0 bridgehead atoms. The van der Waals surface area contributed by atoms with E-state index in [-0.39, 0.29) is 6.54 Å². The van der Waals surface area contributed by atoms with Crippen LogP contribution < -0.4 is 9.62 Å². The van der Waals surface area contributed by atoms with Gasteiger partial charge in [-0.2, -0.15) is 0 Å². The second-order valence-electron chi connectivity index (χ2n) is 4.92. The van der Waals surface area contributed by atoms with Gasteiger partial charge in [0.15, 0.2) is 4.34 Å². The lowest BCUT2D eigenvalue weighted by molar-refractivity contribution is -0.114. The molecule has 0 spiro atoms. The lowest BCUT2D eigenvalue weighted by Gasteiger charge is -2.21. The highest BCUT2D eigenvalue weighted by atomic mass is 32.2. The van der Waals surface area contributed by atoms with E-state index in [1.807, 2.05) is 25.3 Å². The molecule has 0 fully saturated rings. The van der Waals surface area contributed by atoms with Crippen LogP contribution in [0.4, 0.5) is 10.8 Å². The molecule has 2 rings (SSSR count). The summed E-state index contributed by atoms with van der Waals surface area (Å²) in [5.74, 6) is -0.469. The normalized spacial score (nSPS) is 11.3. The van der Waals surface area contributed by atoms with Gasteiger partial charge >= 0.3 is 0 Å². The van der Waals surface area contributed by atoms with Crippen molar-refractivity contribution in [2.45, 2.75) is 17.7 Å². The van der Waals surface area contributed by atoms with E-state index in [0.717, 1.165) is 26.9 Å². The molecule has 0 aliphatic rings. The van der Waals surface area contributed by atoms with Crippen molar-refractivity contribution in [2.75, 3.05) is 28.7 Å². The molecule has 2 aromatic rings. The van der Waals surface area contributed by atoms with Crippen LogP contribution in [0.2, 0.25) is 0 Å². The molecule has 130 valence electrons. The number of carbonyl (C=O) groups is 1. The lowest BCUT2D eigenvalue weighted by atomic mass is 10.1. The van der Waals surface area contributed by atoms with Crippen LogP contribution in [0.3, 0.4) is 0 Å². The summed E-state index contributed by atoms with van der Waals surface area (Å²) in [6.45, 7) is 1.69. The number of benzene rings is 1. The minimum absolute atomic E-state index is 0.321. The van der Waals surface area contributed by atoms with Crippen LogP contribution in [0, 0.1) is 0 Å². The van der Waals surface area contributed by atoms with Gasteiger partial charge in [0.1, 0.15) is 6.54 Å². The number of nitrogens with one attached hydrogen (secondary N) is 1. The molecule has 0 unspecified atom stereocenters. The highest BCUT2D eigenvalue weighted by Gasteiger charge is 2.21. The summed E-state index contributed by atoms with van der Waals surface area (Å²) in [5, 5.41) is 10.6. The third-order valence-corrected chi connectivity index (χ3v) is 6.10. The number of amides is 1. The Kier molecular flexibility index (Phi) is 6.19. The van der Waals surface area contributed by atoms with Gasteiger partial charge in [-0.3, -0.25) is 14.4 Å². The average Bonchev–Trinajstić information content (AvgIpc) is 2.99. The summed E-state index contributed by atoms with van der Waals surface area (Å²) in [6.07, 6.45) is 3.79. The van der Waals surface area contributed by atoms with Gasteiger partial charge < -0.3 is 0 Å². The van der Waals surface area contributed by atoms with Crippen LogP contribution in [0.25, 0.3) is 0 Å². The third kappa shape index (κ3) is 4.92. The Labute approximate surface area is 149 Å². The standard InChI is InChI=1S/C14H18N4O3S3/c1-4-10-5-7-11(8-6-10)18(24(3,20)21)9-12(19)15-13-16-17-14(22-2)23-13/h5-8H,4,9H2,1-3H3,(H,15,16,19). The zero-order valence-corrected chi connectivity index (χ0v) is 16.0. The zero-order valence-electron chi connectivity index (χ0n) is 13.5. The predicted molar refractivity (Wildman–Crippen MR) is 98.3 cm³/mol. The maximum Gasteiger partial charge on any atom is 0.246 e. The summed E-state index contributed by atoms with van der Waals surface area (Å²) in [6, 6.07) is 7.09. The third-order valence-electron chi connectivity index (χ3n) is 3.15. The van der Waals surface area contributed by atoms with Gasteiger partial charge in [0.25, 0.3) is 0 Å². The minimum Gasteiger partial charge on any atom is -0.299 e. The largest absolute Gasteiger partial charge is 0.299 e. The summed E-state index contributed by atoms with van der Waals surface area (Å²) >= 11 is 2.66. The van der Waals surface area contributed by atoms with E-state index < -0.39 is 15.9 Å². The van der Waals surface area contributed by atoms with Crippen molar-refractivity contribution >= 4 is 49.8 Å². The second-order valence-corrected chi connectivity index (χ2v) is 8.85. The summed E-state index contributed by atoms with van der Waals surface area (Å²) in [7, 11) is -3.59. The molecule has 0 aliphatic carbocycles. The first-order chi connectivity index (χ1) is 11.3. The van der Waals surface area contributed by atoms with Crippen LogP contribution in [0.5, 0.6) is 0 Å². The Balaban J connectivity index is 2.14. The van der Waals surface area contributed by atoms with Crippen molar-refractivity contribution in [1.29, 1.82) is 0 Å². The number of hydrogen-bond donors (Lipinski definition) is 1. The quantitative estimate of drug-likeness (QED) is 0.579. The molecular formula is C14H18N4O3S3. The van der Waals surface area contributed by atoms with Gasteiger partial charge in [0.2, 0.25) is 21.1 Å². The van der Waals surface area contributed by atoms with E-state index in [4.69, 9.17) is 0 Å². The summed E-state index contributed by atoms with van der Waals surface area (Å²) in [5.41, 5.74) is 1.54. The Morgan fingerprint density at radius 2 is 1.96 bits per heavy atom. The average molecular weight is 387 g/mol. The Morgan fingerprint density at radius 1 is 1.29 bits per heavy atom. The molecule has 24 heavy (non-hydrogen) atoms. The van der Waals surface area contributed by atoms with Crippen molar-refractivity contribution in [2.24, 2.45) is 0 Å². The molecule has 7 nitrogen and oxygen atoms in total. The van der Waals surface area contributed by atoms with Crippen molar-refractivity contribution in [3.05, 3.63) is 29.8 Å². The van der Waals surface area contributed by atoms with Gasteiger partial charge in [-0.25, -0.2) is 8.42 Å². The summed E-state index contributed by atoms with van der Waals surface area (Å²) in [4.78, 5) is 12.2. The van der Waals surface area contributed by atoms with Crippen molar-refractivity contribution < 1.29 is 13.2 Å². The zero-order chi connectivity index (χ0) is 17.7. The van der Waals surface area contributed by atoms with E-state index in [2.05, 4.69) is 15.5 Å². The molecule has 1 heterocycles. The molecule has 1 amide bonds. The van der Waals surface area contributed by atoms with Crippen molar-refractivity contribution in [3.63, 3.8) is 0 Å². The topological polar surface area (TPSA) is 92.3 Å². The molecule has 0 saturated heterocycles. The number of anilines is 2. The number of rotatable bonds is 7. The maximum absolute atomic E-state index is 12.2. The molecule has 0 radical (unpaired) electrons. The van der Waals surface area contributed by atoms with Crippen LogP contribution >= 0.6 is 23.1 Å². The minimum atomic E-state index is -3.59. The fraction of sp³-hybridized carbons (Fsp3) is 0.357. The number of sulfonamides is 1. The Hall–Kier alpha value is -1.65. The fourth-order valence-electron chi connectivity index (χ4n) is 1.93. The molecule has 1 aromatic heterocycles. The monoisotopic (exact) mass is 386 g/mol. The maximum atomic E-state index is 12.2. The van der Waals surface area contributed by atoms with Crippen LogP contribution in [-0.4, -0.2) is 43.6 Å². The number of hydrogen-bond acceptors (Lipinski definition) is 7. The van der Waals surface area contributed by atoms with E-state index in [1.165, 1.54) is 23.1 Å². The van der Waals surface area contributed by atoms with Gasteiger partial charge in [-0.05, 0) is 30.4 Å². The molecule has 0 atom stereocenters. The first-order valence-corrected chi connectivity index (χ1v) is 11.0. The number of carbonyl (C=O) groups excluding carboxylic acids is 1. The van der Waals surface area contributed by atoms with Crippen molar-refractivity contribution in [3.8, 4) is 0 Å². The predicted octanol–water partition coefficient (Wildman–Crippen LogP) is 2.23. The number of aryl methyl sites for hydroxylation is 1. The fourth-order valence-corrected chi connectivity index (χ4v) is 3.97.